The van der Waals surface area contributed by atoms with Crippen LogP contribution in [-0.4, -0.2) is 34.7 Å². The Labute approximate surface area is 151 Å². The maximum Gasteiger partial charge on any atom is 0.281 e. The summed E-state index contributed by atoms with van der Waals surface area (Å²) in [6.45, 7) is 0.106. The van der Waals surface area contributed by atoms with Gasteiger partial charge in [-0.15, -0.1) is 5.10 Å². The second kappa shape index (κ2) is 6.52. The summed E-state index contributed by atoms with van der Waals surface area (Å²) in [5, 5.41) is 12.1. The van der Waals surface area contributed by atoms with Crippen LogP contribution in [0.1, 0.15) is 17.3 Å². The zero-order valence-electron chi connectivity index (χ0n) is 13.6. The monoisotopic (exact) mass is 369 g/mol. The molecule has 4 rings (SSSR count). The lowest BCUT2D eigenvalue weighted by Gasteiger charge is -2.00. The van der Waals surface area contributed by atoms with E-state index < -0.39 is 0 Å². The Hall–Kier alpha value is -3.33. The molecule has 0 aliphatic carbocycles. The minimum atomic E-state index is -0.279. The molecule has 0 saturated heterocycles. The van der Waals surface area contributed by atoms with Gasteiger partial charge < -0.3 is 4.52 Å². The molecule has 0 spiro atoms. The van der Waals surface area contributed by atoms with E-state index in [1.54, 1.807) is 25.3 Å². The average Bonchev–Trinajstić information content (AvgIpc) is 3.24. The van der Waals surface area contributed by atoms with E-state index in [1.807, 2.05) is 18.2 Å². The molecule has 0 aliphatic rings. The molecule has 9 nitrogen and oxygen atoms in total. The highest BCUT2D eigenvalue weighted by Gasteiger charge is 2.12. The van der Waals surface area contributed by atoms with Gasteiger partial charge in [-0.2, -0.15) is 4.98 Å². The summed E-state index contributed by atoms with van der Waals surface area (Å²) >= 11 is 5.85. The second-order valence-electron chi connectivity index (χ2n) is 5.49. The standard InChI is InChI=1S/C16H12ClN7O2/c1-23-14-15(20-22-23)18-9-24(16(14)25)8-13-19-12(21-26-13)7-4-10-2-5-11(17)6-3-10/h2-7,9H,8H2,1H3/b7-4+. The predicted octanol–water partition coefficient (Wildman–Crippen LogP) is 1.78. The summed E-state index contributed by atoms with van der Waals surface area (Å²) < 4.78 is 7.95. The molecule has 0 atom stereocenters. The number of rotatable bonds is 4. The van der Waals surface area contributed by atoms with Crippen LogP contribution in [0.5, 0.6) is 0 Å². The topological polar surface area (TPSA) is 105 Å². The molecule has 0 unspecified atom stereocenters. The summed E-state index contributed by atoms with van der Waals surface area (Å²) in [4.78, 5) is 20.8. The van der Waals surface area contributed by atoms with Gasteiger partial charge in [0, 0.05) is 12.1 Å². The summed E-state index contributed by atoms with van der Waals surface area (Å²) in [6, 6.07) is 7.35. The first-order valence-electron chi connectivity index (χ1n) is 7.61. The summed E-state index contributed by atoms with van der Waals surface area (Å²) in [5.74, 6) is 0.693. The van der Waals surface area contributed by atoms with Gasteiger partial charge in [-0.1, -0.05) is 40.2 Å². The van der Waals surface area contributed by atoms with Crippen molar-refractivity contribution in [3.8, 4) is 0 Å². The molecule has 3 aromatic heterocycles. The third-order valence-corrected chi connectivity index (χ3v) is 3.93. The third-order valence-electron chi connectivity index (χ3n) is 3.68. The van der Waals surface area contributed by atoms with Crippen LogP contribution in [0.2, 0.25) is 5.02 Å². The first kappa shape index (κ1) is 16.2. The lowest BCUT2D eigenvalue weighted by atomic mass is 10.2. The Balaban J connectivity index is 1.55. The molecule has 0 bridgehead atoms. The van der Waals surface area contributed by atoms with Gasteiger partial charge in [0.05, 0.1) is 0 Å². The van der Waals surface area contributed by atoms with Crippen LogP contribution in [0.25, 0.3) is 23.3 Å². The van der Waals surface area contributed by atoms with Crippen molar-refractivity contribution < 1.29 is 4.52 Å². The molecule has 1 aromatic carbocycles. The summed E-state index contributed by atoms with van der Waals surface area (Å²) in [6.07, 6.45) is 4.93. The van der Waals surface area contributed by atoms with Crippen LogP contribution in [0.15, 0.2) is 39.9 Å². The molecule has 0 fully saturated rings. The van der Waals surface area contributed by atoms with Crippen molar-refractivity contribution in [2.24, 2.45) is 7.05 Å². The zero-order chi connectivity index (χ0) is 18.1. The normalized spacial score (nSPS) is 11.6. The van der Waals surface area contributed by atoms with Crippen LogP contribution in [-0.2, 0) is 13.6 Å². The Morgan fingerprint density at radius 1 is 1.23 bits per heavy atom. The average molecular weight is 370 g/mol. The Bertz CT molecular complexity index is 1160. The number of benzene rings is 1. The zero-order valence-corrected chi connectivity index (χ0v) is 14.3. The van der Waals surface area contributed by atoms with E-state index in [-0.39, 0.29) is 12.1 Å². The van der Waals surface area contributed by atoms with Crippen LogP contribution in [0, 0.1) is 0 Å². The van der Waals surface area contributed by atoms with E-state index in [4.69, 9.17) is 16.1 Å². The van der Waals surface area contributed by atoms with E-state index in [2.05, 4.69) is 25.4 Å². The fourth-order valence-corrected chi connectivity index (χ4v) is 2.51. The van der Waals surface area contributed by atoms with E-state index in [9.17, 15) is 4.79 Å². The maximum atomic E-state index is 12.5. The molecule has 0 saturated carbocycles. The Morgan fingerprint density at radius 3 is 2.85 bits per heavy atom. The molecule has 3 heterocycles. The van der Waals surface area contributed by atoms with Gasteiger partial charge >= 0.3 is 0 Å². The maximum absolute atomic E-state index is 12.5. The van der Waals surface area contributed by atoms with E-state index in [0.29, 0.717) is 27.9 Å². The first-order chi connectivity index (χ1) is 12.6. The van der Waals surface area contributed by atoms with E-state index in [1.165, 1.54) is 15.6 Å². The Kier molecular flexibility index (Phi) is 4.05. The van der Waals surface area contributed by atoms with Gasteiger partial charge in [0.1, 0.15) is 12.9 Å². The predicted molar refractivity (Wildman–Crippen MR) is 94.3 cm³/mol. The van der Waals surface area contributed by atoms with Gasteiger partial charge in [-0.05, 0) is 23.8 Å². The van der Waals surface area contributed by atoms with Gasteiger partial charge in [0.25, 0.3) is 5.56 Å². The second-order valence-corrected chi connectivity index (χ2v) is 5.93. The van der Waals surface area contributed by atoms with Crippen LogP contribution in [0.4, 0.5) is 0 Å². The number of halogens is 1. The number of aromatic nitrogens is 7. The molecule has 0 aliphatic heterocycles. The number of hydrogen-bond acceptors (Lipinski definition) is 7. The van der Waals surface area contributed by atoms with E-state index in [0.717, 1.165) is 5.56 Å². The number of hydrogen-bond donors (Lipinski definition) is 0. The molecule has 0 N–H and O–H groups in total. The molecule has 0 amide bonds. The van der Waals surface area contributed by atoms with Crippen molar-refractivity contribution in [2.75, 3.05) is 0 Å². The fourth-order valence-electron chi connectivity index (χ4n) is 2.38. The van der Waals surface area contributed by atoms with Crippen LogP contribution >= 0.6 is 11.6 Å². The molecular formula is C16H12ClN7O2. The highest BCUT2D eigenvalue weighted by Crippen LogP contribution is 2.12. The first-order valence-corrected chi connectivity index (χ1v) is 7.99. The lowest BCUT2D eigenvalue weighted by Crippen LogP contribution is -2.22. The third kappa shape index (κ3) is 3.11. The Morgan fingerprint density at radius 2 is 2.04 bits per heavy atom. The molecule has 26 heavy (non-hydrogen) atoms. The molecule has 4 aromatic rings. The van der Waals surface area contributed by atoms with Crippen LogP contribution < -0.4 is 5.56 Å². The van der Waals surface area contributed by atoms with Crippen molar-refractivity contribution in [2.45, 2.75) is 6.54 Å². The van der Waals surface area contributed by atoms with Crippen molar-refractivity contribution in [1.29, 1.82) is 0 Å². The van der Waals surface area contributed by atoms with E-state index >= 15 is 0 Å². The summed E-state index contributed by atoms with van der Waals surface area (Å²) in [5.41, 5.74) is 1.29. The summed E-state index contributed by atoms with van der Waals surface area (Å²) in [7, 11) is 1.63. The highest BCUT2D eigenvalue weighted by molar-refractivity contribution is 6.30. The van der Waals surface area contributed by atoms with Crippen molar-refractivity contribution in [3.05, 3.63) is 63.2 Å². The molecule has 130 valence electrons. The molecular weight excluding hydrogens is 358 g/mol. The minimum absolute atomic E-state index is 0.106. The quantitative estimate of drug-likeness (QED) is 0.540. The SMILES string of the molecule is Cn1nnc2ncn(Cc3nc(/C=C/c4ccc(Cl)cc4)no3)c(=O)c21. The number of nitrogens with zero attached hydrogens (tertiary/aromatic N) is 7. The number of fused-ring (bicyclic) bond motifs is 1. The van der Waals surface area contributed by atoms with Crippen molar-refractivity contribution >= 4 is 34.9 Å². The van der Waals surface area contributed by atoms with Crippen molar-refractivity contribution in [3.63, 3.8) is 0 Å². The van der Waals surface area contributed by atoms with Gasteiger partial charge in [-0.25, -0.2) is 9.67 Å². The minimum Gasteiger partial charge on any atom is -0.337 e. The molecule has 0 radical (unpaired) electrons. The smallest absolute Gasteiger partial charge is 0.281 e. The van der Waals surface area contributed by atoms with Gasteiger partial charge in [0.2, 0.25) is 11.5 Å². The largest absolute Gasteiger partial charge is 0.337 e. The van der Waals surface area contributed by atoms with Crippen LogP contribution in [0.3, 0.4) is 0 Å². The molecule has 10 heteroatoms. The lowest BCUT2D eigenvalue weighted by molar-refractivity contribution is 0.367. The number of aryl methyl sites for hydroxylation is 1. The van der Waals surface area contributed by atoms with Gasteiger partial charge in [-0.3, -0.25) is 9.36 Å². The fraction of sp³-hybridized carbons (Fsp3) is 0.125. The van der Waals surface area contributed by atoms with Crippen molar-refractivity contribution in [1.82, 2.24) is 34.7 Å². The van der Waals surface area contributed by atoms with Gasteiger partial charge in [0.15, 0.2) is 11.3 Å². The highest BCUT2D eigenvalue weighted by atomic mass is 35.5.